The first-order valence-electron chi connectivity index (χ1n) is 7.55. The van der Waals surface area contributed by atoms with Gasteiger partial charge in [-0.1, -0.05) is 46.3 Å². The number of benzene rings is 2. The smallest absolute Gasteiger partial charge is 0.153 e. The second-order valence-electron chi connectivity index (χ2n) is 6.29. The van der Waals surface area contributed by atoms with Gasteiger partial charge in [-0.25, -0.2) is 0 Å². The second kappa shape index (κ2) is 4.57. The van der Waals surface area contributed by atoms with Crippen LogP contribution in [-0.2, 0) is 11.3 Å². The molecular formula is C18H19BrN2O. The molecule has 0 radical (unpaired) electrons. The molecule has 2 aromatic rings. The van der Waals surface area contributed by atoms with Crippen molar-refractivity contribution in [2.75, 3.05) is 25.5 Å². The zero-order chi connectivity index (χ0) is 15.5. The van der Waals surface area contributed by atoms with E-state index in [4.69, 9.17) is 0 Å². The summed E-state index contributed by atoms with van der Waals surface area (Å²) < 4.78 is 1.05. The number of likely N-dealkylation sites (N-methyl/N-ethyl adjacent to an activating group) is 2. The maximum Gasteiger partial charge on any atom is 0.153 e. The van der Waals surface area contributed by atoms with Gasteiger partial charge in [0.1, 0.15) is 5.60 Å². The highest BCUT2D eigenvalue weighted by atomic mass is 79.9. The summed E-state index contributed by atoms with van der Waals surface area (Å²) in [4.78, 5) is 4.51. The molecular weight excluding hydrogens is 340 g/mol. The number of fused-ring (bicyclic) bond motifs is 3. The molecule has 2 aromatic carbocycles. The number of hydrogen-bond acceptors (Lipinski definition) is 3. The molecule has 2 aliphatic heterocycles. The summed E-state index contributed by atoms with van der Waals surface area (Å²) in [7, 11) is 4.18. The number of halogens is 1. The lowest BCUT2D eigenvalue weighted by atomic mass is 9.80. The van der Waals surface area contributed by atoms with Gasteiger partial charge in [0, 0.05) is 29.3 Å². The number of aliphatic hydroxyl groups is 1. The number of rotatable bonds is 1. The van der Waals surface area contributed by atoms with Crippen LogP contribution in [0.5, 0.6) is 0 Å². The Morgan fingerprint density at radius 2 is 1.73 bits per heavy atom. The van der Waals surface area contributed by atoms with E-state index in [0.717, 1.165) is 34.3 Å². The fourth-order valence-electron chi connectivity index (χ4n) is 4.46. The molecule has 1 saturated heterocycles. The van der Waals surface area contributed by atoms with E-state index in [0.29, 0.717) is 0 Å². The predicted octanol–water partition coefficient (Wildman–Crippen LogP) is 3.28. The summed E-state index contributed by atoms with van der Waals surface area (Å²) in [6.45, 7) is 0.866. The van der Waals surface area contributed by atoms with Crippen LogP contribution >= 0.6 is 15.9 Å². The van der Waals surface area contributed by atoms with E-state index in [2.05, 4.69) is 64.1 Å². The van der Waals surface area contributed by atoms with Gasteiger partial charge >= 0.3 is 0 Å². The average molecular weight is 359 g/mol. The Bertz CT molecular complexity index is 732. The first-order valence-corrected chi connectivity index (χ1v) is 8.34. The standard InChI is InChI=1S/C18H19BrN2O/c1-20-12-11-17(22)15-5-3-4-6-16(15)21(2)18(17,20)13-7-9-14(19)10-8-13/h3-10,22H,11-12H2,1-2H3/t17-,18-/m0/s1. The molecule has 3 nitrogen and oxygen atoms in total. The molecule has 2 atom stereocenters. The Labute approximate surface area is 139 Å². The number of para-hydroxylation sites is 1. The zero-order valence-corrected chi connectivity index (χ0v) is 14.3. The van der Waals surface area contributed by atoms with Crippen molar-refractivity contribution < 1.29 is 5.11 Å². The van der Waals surface area contributed by atoms with E-state index in [1.54, 1.807) is 0 Å². The van der Waals surface area contributed by atoms with Gasteiger partial charge in [-0.3, -0.25) is 4.90 Å². The SMILES string of the molecule is CN1CC[C@]2(O)c3ccccc3N(C)[C@]12c1ccc(Br)cc1. The maximum atomic E-state index is 11.7. The topological polar surface area (TPSA) is 26.7 Å². The summed E-state index contributed by atoms with van der Waals surface area (Å²) in [5, 5.41) is 11.7. The molecule has 22 heavy (non-hydrogen) atoms. The van der Waals surface area contributed by atoms with Crippen LogP contribution in [0.15, 0.2) is 53.0 Å². The highest BCUT2D eigenvalue weighted by molar-refractivity contribution is 9.10. The fourth-order valence-corrected chi connectivity index (χ4v) is 4.73. The second-order valence-corrected chi connectivity index (χ2v) is 7.20. The average Bonchev–Trinajstić information content (AvgIpc) is 2.91. The molecule has 114 valence electrons. The maximum absolute atomic E-state index is 11.7. The third kappa shape index (κ3) is 1.48. The van der Waals surface area contributed by atoms with Crippen LogP contribution in [0.25, 0.3) is 0 Å². The van der Waals surface area contributed by atoms with Crippen molar-refractivity contribution in [3.63, 3.8) is 0 Å². The third-order valence-electron chi connectivity index (χ3n) is 5.38. The lowest BCUT2D eigenvalue weighted by molar-refractivity contribution is -0.0535. The lowest BCUT2D eigenvalue weighted by Gasteiger charge is -2.46. The van der Waals surface area contributed by atoms with Crippen LogP contribution in [0.3, 0.4) is 0 Å². The van der Waals surface area contributed by atoms with Crippen molar-refractivity contribution in [2.24, 2.45) is 0 Å². The van der Waals surface area contributed by atoms with E-state index in [9.17, 15) is 5.11 Å². The quantitative estimate of drug-likeness (QED) is 0.847. The van der Waals surface area contributed by atoms with Crippen LogP contribution in [0.4, 0.5) is 5.69 Å². The van der Waals surface area contributed by atoms with Crippen LogP contribution in [0.1, 0.15) is 17.5 Å². The first-order chi connectivity index (χ1) is 10.5. The van der Waals surface area contributed by atoms with Crippen molar-refractivity contribution in [2.45, 2.75) is 17.7 Å². The van der Waals surface area contributed by atoms with Gasteiger partial charge < -0.3 is 10.0 Å². The van der Waals surface area contributed by atoms with Crippen LogP contribution < -0.4 is 4.90 Å². The molecule has 0 spiro atoms. The summed E-state index contributed by atoms with van der Waals surface area (Å²) in [6, 6.07) is 16.5. The van der Waals surface area contributed by atoms with Gasteiger partial charge in [0.15, 0.2) is 5.66 Å². The van der Waals surface area contributed by atoms with Crippen LogP contribution in [0, 0.1) is 0 Å². The minimum absolute atomic E-state index is 0.544. The molecule has 1 N–H and O–H groups in total. The molecule has 0 saturated carbocycles. The largest absolute Gasteiger partial charge is 0.381 e. The fraction of sp³-hybridized carbons (Fsp3) is 0.333. The molecule has 0 amide bonds. The van der Waals surface area contributed by atoms with E-state index in [1.807, 2.05) is 24.3 Å². The van der Waals surface area contributed by atoms with Crippen LogP contribution in [-0.4, -0.2) is 30.6 Å². The molecule has 2 heterocycles. The number of likely N-dealkylation sites (tertiary alicyclic amines) is 1. The Hall–Kier alpha value is -1.36. The van der Waals surface area contributed by atoms with Gasteiger partial charge in [0.2, 0.25) is 0 Å². The molecule has 0 unspecified atom stereocenters. The molecule has 4 heteroatoms. The Morgan fingerprint density at radius 1 is 1.05 bits per heavy atom. The number of anilines is 1. The summed E-state index contributed by atoms with van der Waals surface area (Å²) in [5.74, 6) is 0. The minimum atomic E-state index is -0.888. The first kappa shape index (κ1) is 14.2. The highest BCUT2D eigenvalue weighted by Gasteiger charge is 2.66. The molecule has 4 rings (SSSR count). The molecule has 0 aliphatic carbocycles. The Kier molecular flexibility index (Phi) is 2.96. The van der Waals surface area contributed by atoms with Gasteiger partial charge in [-0.05, 0) is 37.2 Å². The summed E-state index contributed by atoms with van der Waals surface area (Å²) in [5.41, 5.74) is 1.83. The summed E-state index contributed by atoms with van der Waals surface area (Å²) in [6.07, 6.45) is 0.737. The Balaban J connectivity index is 2.02. The zero-order valence-electron chi connectivity index (χ0n) is 12.8. The van der Waals surface area contributed by atoms with E-state index < -0.39 is 11.3 Å². The van der Waals surface area contributed by atoms with Crippen molar-refractivity contribution in [1.82, 2.24) is 4.90 Å². The van der Waals surface area contributed by atoms with Gasteiger partial charge in [-0.15, -0.1) is 0 Å². The van der Waals surface area contributed by atoms with Crippen molar-refractivity contribution in [1.29, 1.82) is 0 Å². The van der Waals surface area contributed by atoms with Crippen molar-refractivity contribution in [3.8, 4) is 0 Å². The lowest BCUT2D eigenvalue weighted by Crippen LogP contribution is -2.58. The van der Waals surface area contributed by atoms with E-state index >= 15 is 0 Å². The van der Waals surface area contributed by atoms with Crippen molar-refractivity contribution in [3.05, 3.63) is 64.1 Å². The third-order valence-corrected chi connectivity index (χ3v) is 5.91. The van der Waals surface area contributed by atoms with Gasteiger partial charge in [-0.2, -0.15) is 0 Å². The highest BCUT2D eigenvalue weighted by Crippen LogP contribution is 2.60. The monoisotopic (exact) mass is 358 g/mol. The number of nitrogens with zero attached hydrogens (tertiary/aromatic N) is 2. The van der Waals surface area contributed by atoms with Gasteiger partial charge in [0.25, 0.3) is 0 Å². The molecule has 2 aliphatic rings. The molecule has 0 bridgehead atoms. The molecule has 1 fully saturated rings. The normalized spacial score (nSPS) is 30.5. The number of hydrogen-bond donors (Lipinski definition) is 1. The summed E-state index contributed by atoms with van der Waals surface area (Å²) >= 11 is 3.51. The predicted molar refractivity (Wildman–Crippen MR) is 91.8 cm³/mol. The van der Waals surface area contributed by atoms with E-state index in [1.165, 1.54) is 0 Å². The minimum Gasteiger partial charge on any atom is -0.381 e. The molecule has 0 aromatic heterocycles. The van der Waals surface area contributed by atoms with E-state index in [-0.39, 0.29) is 0 Å². The van der Waals surface area contributed by atoms with Gasteiger partial charge in [0.05, 0.1) is 0 Å². The Morgan fingerprint density at radius 3 is 2.45 bits per heavy atom. The van der Waals surface area contributed by atoms with Crippen molar-refractivity contribution >= 4 is 21.6 Å². The van der Waals surface area contributed by atoms with Crippen LogP contribution in [0.2, 0.25) is 0 Å².